The number of hydrogen-bond donors (Lipinski definition) is 1. The van der Waals surface area contributed by atoms with Gasteiger partial charge < -0.3 is 5.11 Å². The first-order valence-electron chi connectivity index (χ1n) is 2.29. The van der Waals surface area contributed by atoms with Crippen molar-refractivity contribution in [1.82, 2.24) is 0 Å². The number of carbonyl (C=O) groups excluding carboxylic acids is 2. The number of rotatable bonds is 3. The Morgan fingerprint density at radius 2 is 1.70 bits per heavy atom. The van der Waals surface area contributed by atoms with E-state index in [2.05, 4.69) is 0 Å². The summed E-state index contributed by atoms with van der Waals surface area (Å²) in [7, 11) is 0. The fraction of sp³-hybridized carbons (Fsp3) is 0.400. The molecule has 0 radical (unpaired) electrons. The molecule has 0 spiro atoms. The van der Waals surface area contributed by atoms with Crippen LogP contribution in [0.2, 0.25) is 0 Å². The van der Waals surface area contributed by atoms with Crippen molar-refractivity contribution in [3.05, 3.63) is 0 Å². The summed E-state index contributed by atoms with van der Waals surface area (Å²) < 4.78 is 0. The smallest absolute Gasteiger partial charge is 0.372 e. The average molecular weight is 195 g/mol. The number of ketones is 2. The second kappa shape index (κ2) is 5.24. The van der Waals surface area contributed by atoms with E-state index in [4.69, 9.17) is 5.11 Å². The summed E-state index contributed by atoms with van der Waals surface area (Å²) in [5.74, 6) is -3.03. The molecule has 0 aliphatic carbocycles. The van der Waals surface area contributed by atoms with Gasteiger partial charge in [-0.1, -0.05) is 0 Å². The van der Waals surface area contributed by atoms with Gasteiger partial charge in [0, 0.05) is 19.5 Å². The van der Waals surface area contributed by atoms with Crippen molar-refractivity contribution in [1.29, 1.82) is 0 Å². The van der Waals surface area contributed by atoms with Gasteiger partial charge in [0.05, 0.1) is 6.42 Å². The van der Waals surface area contributed by atoms with Crippen molar-refractivity contribution in [2.75, 3.05) is 0 Å². The van der Waals surface area contributed by atoms with Gasteiger partial charge in [0.15, 0.2) is 0 Å². The van der Waals surface area contributed by atoms with Crippen LogP contribution in [0.4, 0.5) is 0 Å². The van der Waals surface area contributed by atoms with E-state index in [1.54, 1.807) is 0 Å². The van der Waals surface area contributed by atoms with Crippen molar-refractivity contribution in [2.45, 2.75) is 13.3 Å². The fourth-order valence-corrected chi connectivity index (χ4v) is 0.302. The van der Waals surface area contributed by atoms with Gasteiger partial charge in [-0.25, -0.2) is 4.79 Å². The van der Waals surface area contributed by atoms with E-state index in [-0.39, 0.29) is 19.5 Å². The SMILES string of the molecule is CC(=O)CC(=O)C(=O)O.[Zn]. The Hall–Kier alpha value is -0.567. The van der Waals surface area contributed by atoms with Crippen molar-refractivity contribution >= 4 is 17.5 Å². The number of carboxylic acid groups (broad SMARTS) is 1. The third-order valence-corrected chi connectivity index (χ3v) is 0.648. The van der Waals surface area contributed by atoms with E-state index >= 15 is 0 Å². The zero-order chi connectivity index (χ0) is 7.44. The average Bonchev–Trinajstić information content (AvgIpc) is 1.63. The summed E-state index contributed by atoms with van der Waals surface area (Å²) in [6.07, 6.45) is -0.505. The standard InChI is InChI=1S/C5H6O4.Zn/c1-3(6)2-4(7)5(8)9;/h2H2,1H3,(H,8,9);. The summed E-state index contributed by atoms with van der Waals surface area (Å²) in [4.78, 5) is 29.9. The predicted octanol–water partition coefficient (Wildman–Crippen LogP) is -0.383. The maximum atomic E-state index is 10.1. The Morgan fingerprint density at radius 3 is 1.80 bits per heavy atom. The van der Waals surface area contributed by atoms with Crippen LogP contribution >= 0.6 is 0 Å². The van der Waals surface area contributed by atoms with Crippen LogP contribution in [0.1, 0.15) is 13.3 Å². The Kier molecular flexibility index (Phi) is 6.36. The van der Waals surface area contributed by atoms with E-state index in [0.717, 1.165) is 0 Å². The normalized spacial score (nSPS) is 7.70. The number of carbonyl (C=O) groups is 3. The van der Waals surface area contributed by atoms with E-state index in [1.165, 1.54) is 6.92 Å². The van der Waals surface area contributed by atoms with Gasteiger partial charge in [-0.15, -0.1) is 0 Å². The molecule has 1 N–H and O–H groups in total. The van der Waals surface area contributed by atoms with Gasteiger partial charge in [0.2, 0.25) is 5.78 Å². The Balaban J connectivity index is 0. The maximum absolute atomic E-state index is 10.1. The first kappa shape index (κ1) is 12.1. The van der Waals surface area contributed by atoms with Gasteiger partial charge in [-0.2, -0.15) is 0 Å². The van der Waals surface area contributed by atoms with E-state index in [1.807, 2.05) is 0 Å². The Morgan fingerprint density at radius 1 is 1.30 bits per heavy atom. The molecule has 52 valence electrons. The van der Waals surface area contributed by atoms with Gasteiger partial charge in [-0.05, 0) is 6.92 Å². The molecule has 0 bridgehead atoms. The number of carboxylic acids is 1. The zero-order valence-electron chi connectivity index (χ0n) is 5.59. The van der Waals surface area contributed by atoms with Crippen LogP contribution < -0.4 is 0 Å². The third kappa shape index (κ3) is 5.57. The largest absolute Gasteiger partial charge is 0.475 e. The second-order valence-corrected chi connectivity index (χ2v) is 1.61. The minimum absolute atomic E-state index is 0. The van der Waals surface area contributed by atoms with Crippen LogP contribution in [0, 0.1) is 0 Å². The number of aliphatic carboxylic acids is 1. The summed E-state index contributed by atoms with van der Waals surface area (Å²) >= 11 is 0. The quantitative estimate of drug-likeness (QED) is 0.378. The molecule has 0 saturated carbocycles. The van der Waals surface area contributed by atoms with Crippen LogP contribution in [-0.4, -0.2) is 22.6 Å². The molecule has 0 atom stereocenters. The first-order valence-corrected chi connectivity index (χ1v) is 2.29. The van der Waals surface area contributed by atoms with E-state index in [0.29, 0.717) is 0 Å². The van der Waals surface area contributed by atoms with Crippen molar-refractivity contribution in [3.63, 3.8) is 0 Å². The van der Waals surface area contributed by atoms with Gasteiger partial charge in [0.25, 0.3) is 0 Å². The fourth-order valence-electron chi connectivity index (χ4n) is 0.302. The second-order valence-electron chi connectivity index (χ2n) is 1.61. The minimum Gasteiger partial charge on any atom is -0.475 e. The van der Waals surface area contributed by atoms with E-state index < -0.39 is 24.0 Å². The van der Waals surface area contributed by atoms with Crippen molar-refractivity contribution in [2.24, 2.45) is 0 Å². The molecule has 0 aliphatic heterocycles. The number of hydrogen-bond acceptors (Lipinski definition) is 3. The molecule has 10 heavy (non-hydrogen) atoms. The summed E-state index contributed by atoms with van der Waals surface area (Å²) in [6.45, 7) is 1.17. The first-order chi connectivity index (χ1) is 4.04. The molecule has 4 nitrogen and oxygen atoms in total. The van der Waals surface area contributed by atoms with Gasteiger partial charge in [0.1, 0.15) is 5.78 Å². The van der Waals surface area contributed by atoms with Crippen LogP contribution in [-0.2, 0) is 33.9 Å². The number of Topliss-reactive ketones (excluding diaryl/α,β-unsaturated/α-hetero) is 2. The summed E-state index contributed by atoms with van der Waals surface area (Å²) in [5, 5.41) is 7.93. The van der Waals surface area contributed by atoms with Crippen LogP contribution in [0.5, 0.6) is 0 Å². The molecular weight excluding hydrogens is 189 g/mol. The van der Waals surface area contributed by atoms with E-state index in [9.17, 15) is 14.4 Å². The Labute approximate surface area is 70.4 Å². The molecule has 0 unspecified atom stereocenters. The summed E-state index contributed by atoms with van der Waals surface area (Å²) in [5.41, 5.74) is 0. The third-order valence-electron chi connectivity index (χ3n) is 0.648. The Bertz CT molecular complexity index is 163. The topological polar surface area (TPSA) is 71.4 Å². The molecule has 0 aromatic heterocycles. The molecule has 0 heterocycles. The molecule has 0 saturated heterocycles. The van der Waals surface area contributed by atoms with Crippen molar-refractivity contribution < 1.29 is 39.0 Å². The van der Waals surface area contributed by atoms with Crippen LogP contribution in [0.15, 0.2) is 0 Å². The molecule has 0 aromatic rings. The molecule has 0 amide bonds. The molecule has 5 heteroatoms. The van der Waals surface area contributed by atoms with Crippen LogP contribution in [0.25, 0.3) is 0 Å². The van der Waals surface area contributed by atoms with Gasteiger partial charge in [-0.3, -0.25) is 9.59 Å². The monoisotopic (exact) mass is 194 g/mol. The molecule has 0 aromatic carbocycles. The van der Waals surface area contributed by atoms with Crippen LogP contribution in [0.3, 0.4) is 0 Å². The summed E-state index contributed by atoms with van der Waals surface area (Å²) in [6, 6.07) is 0. The molecule has 0 rings (SSSR count). The molecular formula is C5H6O4Zn. The van der Waals surface area contributed by atoms with Gasteiger partial charge >= 0.3 is 5.97 Å². The minimum atomic E-state index is -1.55. The molecule has 0 fully saturated rings. The van der Waals surface area contributed by atoms with Crippen molar-refractivity contribution in [3.8, 4) is 0 Å². The molecule has 0 aliphatic rings. The predicted molar refractivity (Wildman–Crippen MR) is 27.9 cm³/mol. The maximum Gasteiger partial charge on any atom is 0.372 e. The zero-order valence-corrected chi connectivity index (χ0v) is 8.55.